The number of rotatable bonds is 5. The van der Waals surface area contributed by atoms with Gasteiger partial charge in [-0.15, -0.1) is 0 Å². The lowest BCUT2D eigenvalue weighted by Gasteiger charge is -2.26. The van der Waals surface area contributed by atoms with Crippen LogP contribution in [0.2, 0.25) is 0 Å². The summed E-state index contributed by atoms with van der Waals surface area (Å²) in [5.41, 5.74) is -0.221. The van der Waals surface area contributed by atoms with Gasteiger partial charge in [0.1, 0.15) is 11.7 Å². The number of thioether (sulfide) groups is 1. The van der Waals surface area contributed by atoms with Crippen LogP contribution in [0.5, 0.6) is 11.5 Å². The molecule has 0 saturated carbocycles. The van der Waals surface area contributed by atoms with Gasteiger partial charge in [0, 0.05) is 4.90 Å². The lowest BCUT2D eigenvalue weighted by Crippen LogP contribution is -2.36. The van der Waals surface area contributed by atoms with Gasteiger partial charge in [-0.25, -0.2) is 0 Å². The van der Waals surface area contributed by atoms with E-state index in [-0.39, 0.29) is 5.78 Å². The highest BCUT2D eigenvalue weighted by Gasteiger charge is 2.60. The molecule has 1 aliphatic rings. The van der Waals surface area contributed by atoms with Crippen LogP contribution in [0.4, 0.5) is 0 Å². The summed E-state index contributed by atoms with van der Waals surface area (Å²) in [5.74, 6) is 1.02. The summed E-state index contributed by atoms with van der Waals surface area (Å²) in [6.45, 7) is 3.50. The highest BCUT2D eigenvalue weighted by molar-refractivity contribution is 8.02. The molecule has 0 amide bonds. The Hall–Kier alpha value is -1.69. The molecule has 0 aromatic heterocycles. The van der Waals surface area contributed by atoms with Crippen LogP contribution in [0.1, 0.15) is 25.5 Å². The number of ketones is 1. The number of carbonyl (C=O) groups excluding carboxylic acids is 1. The molecule has 6 heteroatoms. The number of methoxy groups -OCH3 is 2. The first kappa shape index (κ1) is 19.1. The number of Topliss-reactive ketones (excluding diaryl/α,β-unsaturated/α-hetero) is 1. The van der Waals surface area contributed by atoms with Crippen molar-refractivity contribution in [2.45, 2.75) is 34.7 Å². The summed E-state index contributed by atoms with van der Waals surface area (Å²) < 4.78 is 15.5. The Balaban J connectivity index is 2.04. The molecule has 1 fully saturated rings. The number of ether oxygens (including phenoxy) is 3. The Morgan fingerprint density at radius 3 is 2.31 bits per heavy atom. The molecule has 1 saturated heterocycles. The summed E-state index contributed by atoms with van der Waals surface area (Å²) >= 11 is 8.24. The molecule has 0 aliphatic carbocycles. The number of halogens is 1. The number of alkyl halides is 1. The van der Waals surface area contributed by atoms with Crippen molar-refractivity contribution in [1.82, 2.24) is 0 Å². The first-order valence-corrected chi connectivity index (χ1v) is 9.39. The molecule has 26 heavy (non-hydrogen) atoms. The molecule has 0 N–H and O–H groups in total. The van der Waals surface area contributed by atoms with Gasteiger partial charge in [-0.3, -0.25) is 4.79 Å². The molecule has 0 bridgehead atoms. The first-order chi connectivity index (χ1) is 12.3. The molecule has 2 aromatic rings. The topological polar surface area (TPSA) is 44.8 Å². The molecule has 2 aromatic carbocycles. The van der Waals surface area contributed by atoms with E-state index in [4.69, 9.17) is 25.8 Å². The van der Waals surface area contributed by atoms with Gasteiger partial charge < -0.3 is 14.2 Å². The van der Waals surface area contributed by atoms with Crippen LogP contribution >= 0.6 is 23.4 Å². The smallest absolute Gasteiger partial charge is 0.198 e. The number of hydrogen-bond acceptors (Lipinski definition) is 5. The average Bonchev–Trinajstić information content (AvgIpc) is 2.82. The molecule has 0 radical (unpaired) electrons. The molecule has 1 unspecified atom stereocenters. The zero-order valence-electron chi connectivity index (χ0n) is 15.1. The number of hydrogen-bond donors (Lipinski definition) is 0. The third-order valence-electron chi connectivity index (χ3n) is 4.33. The Labute approximate surface area is 162 Å². The van der Waals surface area contributed by atoms with Crippen molar-refractivity contribution in [3.8, 4) is 11.5 Å². The molecular weight excluding hydrogens is 372 g/mol. The molecule has 4 nitrogen and oxygen atoms in total. The fraction of sp³-hybridized carbons (Fsp3) is 0.350. The van der Waals surface area contributed by atoms with Gasteiger partial charge in [0.05, 0.1) is 14.2 Å². The second kappa shape index (κ2) is 7.14. The van der Waals surface area contributed by atoms with E-state index in [2.05, 4.69) is 0 Å². The van der Waals surface area contributed by atoms with Gasteiger partial charge in [0.25, 0.3) is 0 Å². The lowest BCUT2D eigenvalue weighted by atomic mass is 9.99. The summed E-state index contributed by atoms with van der Waals surface area (Å²) in [4.78, 5) is 14.0. The van der Waals surface area contributed by atoms with E-state index in [1.807, 2.05) is 36.4 Å². The molecule has 2 atom stereocenters. The standard InChI is InChI=1S/C20H21ClO4S/c1-19(2)18(22)20(21,26-14-8-6-5-7-9-14)17(25-19)13-10-11-15(23-3)16(12-13)24-4/h5-12,17H,1-4H3/t17-,20?/m1/s1. The highest BCUT2D eigenvalue weighted by Crippen LogP contribution is 2.56. The van der Waals surface area contributed by atoms with Crippen molar-refractivity contribution in [1.29, 1.82) is 0 Å². The number of carbonyl (C=O) groups is 1. The maximum Gasteiger partial charge on any atom is 0.198 e. The van der Waals surface area contributed by atoms with Crippen molar-refractivity contribution < 1.29 is 19.0 Å². The zero-order chi connectivity index (χ0) is 18.9. The largest absolute Gasteiger partial charge is 0.493 e. The van der Waals surface area contributed by atoms with Crippen LogP contribution in [0.25, 0.3) is 0 Å². The van der Waals surface area contributed by atoms with Crippen molar-refractivity contribution in [3.05, 3.63) is 54.1 Å². The maximum absolute atomic E-state index is 13.1. The summed E-state index contributed by atoms with van der Waals surface area (Å²) in [5, 5.41) is 0. The van der Waals surface area contributed by atoms with Crippen LogP contribution in [-0.4, -0.2) is 29.8 Å². The third-order valence-corrected chi connectivity index (χ3v) is 6.13. The first-order valence-electron chi connectivity index (χ1n) is 8.19. The van der Waals surface area contributed by atoms with Crippen molar-refractivity contribution in [2.75, 3.05) is 14.2 Å². The molecule has 1 aliphatic heterocycles. The zero-order valence-corrected chi connectivity index (χ0v) is 16.7. The Morgan fingerprint density at radius 1 is 1.04 bits per heavy atom. The van der Waals surface area contributed by atoms with Gasteiger partial charge in [0.15, 0.2) is 21.5 Å². The second-order valence-corrected chi connectivity index (χ2v) is 8.65. The van der Waals surface area contributed by atoms with E-state index in [0.29, 0.717) is 11.5 Å². The van der Waals surface area contributed by atoms with Crippen LogP contribution in [0, 0.1) is 0 Å². The van der Waals surface area contributed by atoms with Gasteiger partial charge in [-0.05, 0) is 43.7 Å². The van der Waals surface area contributed by atoms with Crippen molar-refractivity contribution in [3.63, 3.8) is 0 Å². The average molecular weight is 393 g/mol. The van der Waals surface area contributed by atoms with Gasteiger partial charge in [-0.2, -0.15) is 0 Å². The quantitative estimate of drug-likeness (QED) is 0.680. The Bertz CT molecular complexity index is 809. The minimum absolute atomic E-state index is 0.152. The van der Waals surface area contributed by atoms with E-state index in [9.17, 15) is 4.79 Å². The molecule has 138 valence electrons. The fourth-order valence-corrected chi connectivity index (χ4v) is 4.94. The Morgan fingerprint density at radius 2 is 1.69 bits per heavy atom. The van der Waals surface area contributed by atoms with Crippen LogP contribution in [0.3, 0.4) is 0 Å². The summed E-state index contributed by atoms with van der Waals surface area (Å²) in [6, 6.07) is 15.1. The fourth-order valence-electron chi connectivity index (χ4n) is 3.01. The highest BCUT2D eigenvalue weighted by atomic mass is 35.5. The molecule has 0 spiro atoms. The summed E-state index contributed by atoms with van der Waals surface area (Å²) in [7, 11) is 3.15. The van der Waals surface area contributed by atoms with E-state index < -0.39 is 15.9 Å². The van der Waals surface area contributed by atoms with E-state index in [1.54, 1.807) is 40.2 Å². The number of benzene rings is 2. The van der Waals surface area contributed by atoms with Gasteiger partial charge in [-0.1, -0.05) is 47.6 Å². The molecule has 1 heterocycles. The van der Waals surface area contributed by atoms with Crippen LogP contribution < -0.4 is 9.47 Å². The van der Waals surface area contributed by atoms with E-state index in [1.165, 1.54) is 11.8 Å². The summed E-state index contributed by atoms with van der Waals surface area (Å²) in [6.07, 6.45) is -0.628. The van der Waals surface area contributed by atoms with Crippen LogP contribution in [-0.2, 0) is 9.53 Å². The van der Waals surface area contributed by atoms with Gasteiger partial charge >= 0.3 is 0 Å². The predicted molar refractivity (Wildman–Crippen MR) is 103 cm³/mol. The monoisotopic (exact) mass is 392 g/mol. The second-order valence-electron chi connectivity index (χ2n) is 6.51. The Kier molecular flexibility index (Phi) is 5.24. The molecular formula is C20H21ClO4S. The predicted octanol–water partition coefficient (Wildman–Crippen LogP) is 4.85. The minimum atomic E-state index is -1.27. The van der Waals surface area contributed by atoms with Gasteiger partial charge in [0.2, 0.25) is 0 Å². The van der Waals surface area contributed by atoms with Crippen molar-refractivity contribution in [2.24, 2.45) is 0 Å². The van der Waals surface area contributed by atoms with Crippen molar-refractivity contribution >= 4 is 29.1 Å². The maximum atomic E-state index is 13.1. The minimum Gasteiger partial charge on any atom is -0.493 e. The third kappa shape index (κ3) is 3.31. The van der Waals surface area contributed by atoms with E-state index >= 15 is 0 Å². The molecule has 3 rings (SSSR count). The van der Waals surface area contributed by atoms with E-state index in [0.717, 1.165) is 10.5 Å². The van der Waals surface area contributed by atoms with Crippen LogP contribution in [0.15, 0.2) is 53.4 Å². The lowest BCUT2D eigenvalue weighted by molar-refractivity contribution is -0.129. The SMILES string of the molecule is COc1ccc([C@H]2OC(C)(C)C(=O)C2(Cl)Sc2ccccc2)cc1OC. The normalized spacial score (nSPS) is 24.5.